The average Bonchev–Trinajstić information content (AvgIpc) is 3.01. The van der Waals surface area contributed by atoms with Crippen molar-refractivity contribution in [1.82, 2.24) is 15.5 Å². The SMILES string of the molecule is CCOc1ccc(OCCNC(=O)CN2C(=O)NC(C)(c3ccc4c(c3)OCCCO4)C2=O)cc1. The summed E-state index contributed by atoms with van der Waals surface area (Å²) in [7, 11) is 0. The Kier molecular flexibility index (Phi) is 7.28. The highest BCUT2D eigenvalue weighted by Gasteiger charge is 2.49. The molecule has 2 aliphatic heterocycles. The van der Waals surface area contributed by atoms with E-state index in [1.165, 1.54) is 0 Å². The Labute approximate surface area is 203 Å². The lowest BCUT2D eigenvalue weighted by molar-refractivity contribution is -0.134. The fourth-order valence-corrected chi connectivity index (χ4v) is 3.87. The number of nitrogens with zero attached hydrogens (tertiary/aromatic N) is 1. The normalized spacial score (nSPS) is 19.1. The first-order valence-electron chi connectivity index (χ1n) is 11.6. The van der Waals surface area contributed by atoms with Crippen LogP contribution >= 0.6 is 0 Å². The van der Waals surface area contributed by atoms with Crippen molar-refractivity contribution < 1.29 is 33.3 Å². The highest BCUT2D eigenvalue weighted by molar-refractivity contribution is 6.09. The van der Waals surface area contributed by atoms with Crippen LogP contribution in [0.25, 0.3) is 0 Å². The highest BCUT2D eigenvalue weighted by Crippen LogP contribution is 2.36. The van der Waals surface area contributed by atoms with Crippen molar-refractivity contribution in [2.45, 2.75) is 25.8 Å². The van der Waals surface area contributed by atoms with Crippen molar-refractivity contribution in [3.05, 3.63) is 48.0 Å². The van der Waals surface area contributed by atoms with Crippen molar-refractivity contribution in [1.29, 1.82) is 0 Å². The van der Waals surface area contributed by atoms with Gasteiger partial charge in [-0.1, -0.05) is 6.07 Å². The van der Waals surface area contributed by atoms with Crippen LogP contribution in [0.4, 0.5) is 4.79 Å². The fourth-order valence-electron chi connectivity index (χ4n) is 3.87. The Morgan fingerprint density at radius 2 is 1.74 bits per heavy atom. The number of benzene rings is 2. The quantitative estimate of drug-likeness (QED) is 0.415. The molecule has 10 nitrogen and oxygen atoms in total. The molecule has 186 valence electrons. The maximum Gasteiger partial charge on any atom is 0.325 e. The summed E-state index contributed by atoms with van der Waals surface area (Å²) in [5.41, 5.74) is -0.773. The number of nitrogens with one attached hydrogen (secondary N) is 2. The molecular weight excluding hydrogens is 454 g/mol. The Bertz CT molecular complexity index is 1090. The van der Waals surface area contributed by atoms with Crippen LogP contribution in [-0.2, 0) is 15.1 Å². The van der Waals surface area contributed by atoms with Gasteiger partial charge < -0.3 is 29.6 Å². The van der Waals surface area contributed by atoms with E-state index in [2.05, 4.69) is 10.6 Å². The summed E-state index contributed by atoms with van der Waals surface area (Å²) in [6.45, 7) is 5.20. The second kappa shape index (κ2) is 10.5. The smallest absolute Gasteiger partial charge is 0.325 e. The second-order valence-corrected chi connectivity index (χ2v) is 8.26. The molecule has 4 amide bonds. The minimum Gasteiger partial charge on any atom is -0.494 e. The number of rotatable bonds is 9. The van der Waals surface area contributed by atoms with E-state index in [1.807, 2.05) is 6.92 Å². The molecule has 1 fully saturated rings. The largest absolute Gasteiger partial charge is 0.494 e. The van der Waals surface area contributed by atoms with E-state index < -0.39 is 29.9 Å². The molecule has 0 aliphatic carbocycles. The molecule has 2 N–H and O–H groups in total. The summed E-state index contributed by atoms with van der Waals surface area (Å²) in [6, 6.07) is 11.7. The number of hydrogen-bond acceptors (Lipinski definition) is 7. The molecule has 2 heterocycles. The third-order valence-electron chi connectivity index (χ3n) is 5.73. The van der Waals surface area contributed by atoms with Crippen molar-refractivity contribution in [3.8, 4) is 23.0 Å². The van der Waals surface area contributed by atoms with Crippen LogP contribution < -0.4 is 29.6 Å². The molecule has 35 heavy (non-hydrogen) atoms. The maximum absolute atomic E-state index is 13.2. The Balaban J connectivity index is 1.30. The number of hydrogen-bond donors (Lipinski definition) is 2. The monoisotopic (exact) mass is 483 g/mol. The Hall–Kier alpha value is -3.95. The number of urea groups is 1. The van der Waals surface area contributed by atoms with Gasteiger partial charge in [-0.15, -0.1) is 0 Å². The number of imide groups is 1. The summed E-state index contributed by atoms with van der Waals surface area (Å²) in [5.74, 6) is 1.52. The van der Waals surface area contributed by atoms with E-state index >= 15 is 0 Å². The van der Waals surface area contributed by atoms with Gasteiger partial charge in [0.2, 0.25) is 5.91 Å². The third-order valence-corrected chi connectivity index (χ3v) is 5.73. The molecule has 0 saturated carbocycles. The third kappa shape index (κ3) is 5.42. The first kappa shape index (κ1) is 24.2. The van der Waals surface area contributed by atoms with Gasteiger partial charge in [-0.05, 0) is 55.8 Å². The number of ether oxygens (including phenoxy) is 4. The summed E-state index contributed by atoms with van der Waals surface area (Å²) in [6.07, 6.45) is 0.755. The molecule has 1 unspecified atom stereocenters. The summed E-state index contributed by atoms with van der Waals surface area (Å²) < 4.78 is 22.3. The van der Waals surface area contributed by atoms with Crippen molar-refractivity contribution >= 4 is 17.8 Å². The topological polar surface area (TPSA) is 115 Å². The molecular formula is C25H29N3O7. The van der Waals surface area contributed by atoms with Crippen LogP contribution in [0.2, 0.25) is 0 Å². The minimum atomic E-state index is -1.32. The van der Waals surface area contributed by atoms with Crippen LogP contribution in [0.1, 0.15) is 25.8 Å². The van der Waals surface area contributed by atoms with Gasteiger partial charge in [-0.25, -0.2) is 4.79 Å². The Morgan fingerprint density at radius 1 is 1.06 bits per heavy atom. The van der Waals surface area contributed by atoms with E-state index in [-0.39, 0.29) is 13.2 Å². The lowest BCUT2D eigenvalue weighted by atomic mass is 9.91. The number of fused-ring (bicyclic) bond motifs is 1. The van der Waals surface area contributed by atoms with Crippen molar-refractivity contribution in [2.24, 2.45) is 0 Å². The molecule has 2 aromatic rings. The highest BCUT2D eigenvalue weighted by atomic mass is 16.5. The molecule has 10 heteroatoms. The van der Waals surface area contributed by atoms with E-state index in [0.717, 1.165) is 17.1 Å². The number of carbonyl (C=O) groups is 3. The summed E-state index contributed by atoms with van der Waals surface area (Å²) in [5, 5.41) is 5.37. The standard InChI is InChI=1S/C25H29N3O7/c1-3-32-18-6-8-19(9-7-18)33-14-11-26-22(29)16-28-23(30)25(2,27-24(28)31)17-5-10-20-21(15-17)35-13-4-12-34-20/h5-10,15H,3-4,11-14,16H2,1-2H3,(H,26,29)(H,27,31). The van der Waals surface area contributed by atoms with Gasteiger partial charge >= 0.3 is 6.03 Å². The van der Waals surface area contributed by atoms with Crippen LogP contribution in [0.15, 0.2) is 42.5 Å². The fraction of sp³-hybridized carbons (Fsp3) is 0.400. The van der Waals surface area contributed by atoms with Gasteiger partial charge in [0.05, 0.1) is 26.4 Å². The molecule has 0 aromatic heterocycles. The predicted octanol–water partition coefficient (Wildman–Crippen LogP) is 2.21. The molecule has 0 radical (unpaired) electrons. The zero-order chi connectivity index (χ0) is 24.8. The first-order valence-corrected chi connectivity index (χ1v) is 11.6. The molecule has 0 spiro atoms. The van der Waals surface area contributed by atoms with Crippen LogP contribution in [-0.4, -0.2) is 62.3 Å². The number of carbonyl (C=O) groups excluding carboxylic acids is 3. The van der Waals surface area contributed by atoms with E-state index in [0.29, 0.717) is 42.6 Å². The lowest BCUT2D eigenvalue weighted by Gasteiger charge is -2.23. The van der Waals surface area contributed by atoms with Gasteiger partial charge in [0.15, 0.2) is 11.5 Å². The first-order chi connectivity index (χ1) is 16.9. The van der Waals surface area contributed by atoms with E-state index in [4.69, 9.17) is 18.9 Å². The van der Waals surface area contributed by atoms with Gasteiger partial charge in [0.25, 0.3) is 5.91 Å². The summed E-state index contributed by atoms with van der Waals surface area (Å²) in [4.78, 5) is 39.0. The average molecular weight is 484 g/mol. The zero-order valence-corrected chi connectivity index (χ0v) is 19.8. The van der Waals surface area contributed by atoms with Crippen LogP contribution in [0, 0.1) is 0 Å². The molecule has 1 atom stereocenters. The molecule has 0 bridgehead atoms. The molecule has 4 rings (SSSR count). The predicted molar refractivity (Wildman–Crippen MR) is 126 cm³/mol. The summed E-state index contributed by atoms with van der Waals surface area (Å²) >= 11 is 0. The zero-order valence-electron chi connectivity index (χ0n) is 19.8. The lowest BCUT2D eigenvalue weighted by Crippen LogP contribution is -2.43. The second-order valence-electron chi connectivity index (χ2n) is 8.26. The van der Waals surface area contributed by atoms with E-state index in [1.54, 1.807) is 49.4 Å². The Morgan fingerprint density at radius 3 is 2.46 bits per heavy atom. The van der Waals surface area contributed by atoms with Gasteiger partial charge in [0, 0.05) is 6.42 Å². The number of amides is 4. The van der Waals surface area contributed by atoms with Crippen molar-refractivity contribution in [2.75, 3.05) is 39.5 Å². The minimum absolute atomic E-state index is 0.217. The van der Waals surface area contributed by atoms with Crippen LogP contribution in [0.5, 0.6) is 23.0 Å². The van der Waals surface area contributed by atoms with Gasteiger partial charge in [-0.2, -0.15) is 0 Å². The molecule has 2 aromatic carbocycles. The maximum atomic E-state index is 13.2. The van der Waals surface area contributed by atoms with Crippen molar-refractivity contribution in [3.63, 3.8) is 0 Å². The molecule has 2 aliphatic rings. The van der Waals surface area contributed by atoms with E-state index in [9.17, 15) is 14.4 Å². The molecule has 1 saturated heterocycles. The van der Waals surface area contributed by atoms with Crippen LogP contribution in [0.3, 0.4) is 0 Å². The van der Waals surface area contributed by atoms with Gasteiger partial charge in [-0.3, -0.25) is 14.5 Å². The van der Waals surface area contributed by atoms with Gasteiger partial charge in [0.1, 0.15) is 30.2 Å².